The number of hydrogen-bond donors (Lipinski definition) is 0. The lowest BCUT2D eigenvalue weighted by molar-refractivity contribution is -0.137. The number of hydrogen-bond acceptors (Lipinski definition) is 3. The molecule has 1 aliphatic carbocycles. The van der Waals surface area contributed by atoms with E-state index in [4.69, 9.17) is 4.74 Å². The van der Waals surface area contributed by atoms with Crippen LogP contribution in [0.3, 0.4) is 0 Å². The smallest absolute Gasteiger partial charge is 0.416 e. The highest BCUT2D eigenvalue weighted by Crippen LogP contribution is 2.42. The molecule has 5 rings (SSSR count). The molecule has 1 aliphatic heterocycles. The molecule has 0 saturated carbocycles. The lowest BCUT2D eigenvalue weighted by Gasteiger charge is -2.42. The Morgan fingerprint density at radius 1 is 0.812 bits per heavy atom. The van der Waals surface area contributed by atoms with Crippen LogP contribution in [0, 0.1) is 0 Å². The second-order valence-electron chi connectivity index (χ2n) is 7.63. The summed E-state index contributed by atoms with van der Waals surface area (Å²) in [5, 5.41) is 0. The molecule has 0 bridgehead atoms. The summed E-state index contributed by atoms with van der Waals surface area (Å²) in [6.45, 7) is 0. The van der Waals surface area contributed by atoms with Gasteiger partial charge in [0, 0.05) is 16.8 Å². The van der Waals surface area contributed by atoms with Crippen LogP contribution in [-0.2, 0) is 6.18 Å². The molecular weight excluding hydrogens is 415 g/mol. The Balaban J connectivity index is 1.45. The Labute approximate surface area is 183 Å². The largest absolute Gasteiger partial charge is 0.482 e. The number of carbonyl (C=O) groups excluding carboxylic acids is 1. The van der Waals surface area contributed by atoms with Gasteiger partial charge in [-0.1, -0.05) is 42.5 Å². The molecule has 6 heteroatoms. The number of fused-ring (bicyclic) bond motifs is 2. The molecule has 0 aromatic heterocycles. The normalized spacial score (nSPS) is 19.2. The van der Waals surface area contributed by atoms with E-state index in [1.165, 1.54) is 12.1 Å². The molecule has 3 aromatic carbocycles. The molecule has 160 valence electrons. The molecule has 2 atom stereocenters. The Morgan fingerprint density at radius 2 is 1.44 bits per heavy atom. The van der Waals surface area contributed by atoms with Gasteiger partial charge in [-0.2, -0.15) is 13.2 Å². The van der Waals surface area contributed by atoms with E-state index >= 15 is 0 Å². The topological polar surface area (TPSA) is 29.5 Å². The highest BCUT2D eigenvalue weighted by molar-refractivity contribution is 6.09. The minimum absolute atomic E-state index is 0.0358. The van der Waals surface area contributed by atoms with E-state index in [0.29, 0.717) is 5.56 Å². The summed E-state index contributed by atoms with van der Waals surface area (Å²) in [5.74, 6) is 0.449. The fourth-order valence-electron chi connectivity index (χ4n) is 4.04. The van der Waals surface area contributed by atoms with Crippen molar-refractivity contribution in [2.75, 3.05) is 4.90 Å². The van der Waals surface area contributed by atoms with Crippen molar-refractivity contribution < 1.29 is 22.7 Å². The molecule has 2 unspecified atom stereocenters. The molecule has 1 heterocycles. The average Bonchev–Trinajstić information content (AvgIpc) is 2.82. The van der Waals surface area contributed by atoms with Gasteiger partial charge in [0.05, 0.1) is 17.3 Å². The van der Waals surface area contributed by atoms with E-state index in [-0.39, 0.29) is 23.5 Å². The molecule has 0 radical (unpaired) electrons. The number of alkyl halides is 3. The van der Waals surface area contributed by atoms with Gasteiger partial charge in [0.2, 0.25) is 0 Å². The SMILES string of the molecule is O=C(c1ccc(N2c3ccccc3OC3C=CC=CC32)cc1)c1ccc(C(F)(F)F)cc1. The Morgan fingerprint density at radius 3 is 2.12 bits per heavy atom. The minimum Gasteiger partial charge on any atom is -0.482 e. The number of benzene rings is 3. The van der Waals surface area contributed by atoms with Crippen LogP contribution >= 0.6 is 0 Å². The van der Waals surface area contributed by atoms with Crippen LogP contribution in [0.25, 0.3) is 0 Å². The molecule has 0 amide bonds. The Kier molecular flexibility index (Phi) is 4.85. The summed E-state index contributed by atoms with van der Waals surface area (Å²) in [7, 11) is 0. The maximum atomic E-state index is 12.8. The zero-order chi connectivity index (χ0) is 22.3. The van der Waals surface area contributed by atoms with E-state index in [1.54, 1.807) is 12.1 Å². The second-order valence-corrected chi connectivity index (χ2v) is 7.63. The fraction of sp³-hybridized carbons (Fsp3) is 0.115. The van der Waals surface area contributed by atoms with Crippen molar-refractivity contribution in [3.63, 3.8) is 0 Å². The lowest BCUT2D eigenvalue weighted by atomic mass is 9.98. The number of anilines is 2. The standard InChI is InChI=1S/C26H18F3NO2/c27-26(28,29)19-13-9-17(10-14-19)25(31)18-11-15-20(16-12-18)30-21-5-1-3-7-23(21)32-24-8-4-2-6-22(24)30/h1-16,21,23H. The summed E-state index contributed by atoms with van der Waals surface area (Å²) >= 11 is 0. The predicted octanol–water partition coefficient (Wildman–Crippen LogP) is 6.33. The Hall–Kier alpha value is -3.80. The van der Waals surface area contributed by atoms with Crippen molar-refractivity contribution in [2.45, 2.75) is 18.3 Å². The molecular formula is C26H18F3NO2. The third-order valence-corrected chi connectivity index (χ3v) is 5.62. The van der Waals surface area contributed by atoms with Crippen LogP contribution in [0.4, 0.5) is 24.5 Å². The van der Waals surface area contributed by atoms with E-state index in [2.05, 4.69) is 11.0 Å². The van der Waals surface area contributed by atoms with Gasteiger partial charge in [-0.3, -0.25) is 4.79 Å². The zero-order valence-corrected chi connectivity index (χ0v) is 16.8. The second kappa shape index (κ2) is 7.71. The summed E-state index contributed by atoms with van der Waals surface area (Å²) in [6.07, 6.45) is 3.45. The monoisotopic (exact) mass is 433 g/mol. The van der Waals surface area contributed by atoms with Gasteiger partial charge >= 0.3 is 6.18 Å². The number of ether oxygens (including phenoxy) is 1. The third-order valence-electron chi connectivity index (χ3n) is 5.62. The number of halogens is 3. The van der Waals surface area contributed by atoms with E-state index < -0.39 is 11.7 Å². The minimum atomic E-state index is -4.43. The van der Waals surface area contributed by atoms with Crippen LogP contribution in [0.1, 0.15) is 21.5 Å². The summed E-state index contributed by atoms with van der Waals surface area (Å²) in [6, 6.07) is 19.1. The van der Waals surface area contributed by atoms with Crippen LogP contribution in [0.5, 0.6) is 5.75 Å². The Bertz CT molecular complexity index is 1210. The van der Waals surface area contributed by atoms with Gasteiger partial charge in [0.25, 0.3) is 0 Å². The maximum absolute atomic E-state index is 12.8. The molecule has 3 nitrogen and oxygen atoms in total. The quantitative estimate of drug-likeness (QED) is 0.452. The fourth-order valence-corrected chi connectivity index (χ4v) is 4.04. The van der Waals surface area contributed by atoms with Gasteiger partial charge < -0.3 is 9.64 Å². The first-order valence-corrected chi connectivity index (χ1v) is 10.1. The van der Waals surface area contributed by atoms with Crippen molar-refractivity contribution in [1.82, 2.24) is 0 Å². The summed E-state index contributed by atoms with van der Waals surface area (Å²) in [4.78, 5) is 14.9. The first kappa shape index (κ1) is 20.1. The molecule has 3 aromatic rings. The van der Waals surface area contributed by atoms with Gasteiger partial charge in [-0.15, -0.1) is 0 Å². The van der Waals surface area contributed by atoms with Crippen LogP contribution in [-0.4, -0.2) is 17.9 Å². The maximum Gasteiger partial charge on any atom is 0.416 e. The number of ketones is 1. The highest BCUT2D eigenvalue weighted by Gasteiger charge is 2.34. The van der Waals surface area contributed by atoms with Gasteiger partial charge in [-0.25, -0.2) is 0 Å². The van der Waals surface area contributed by atoms with E-state index in [1.807, 2.05) is 54.6 Å². The third kappa shape index (κ3) is 3.58. The van der Waals surface area contributed by atoms with Gasteiger partial charge in [0.1, 0.15) is 11.9 Å². The lowest BCUT2D eigenvalue weighted by Crippen LogP contribution is -2.46. The van der Waals surface area contributed by atoms with Crippen molar-refractivity contribution in [1.29, 1.82) is 0 Å². The molecule has 32 heavy (non-hydrogen) atoms. The molecule has 0 fully saturated rings. The van der Waals surface area contributed by atoms with Gasteiger partial charge in [0.15, 0.2) is 5.78 Å². The van der Waals surface area contributed by atoms with Crippen molar-refractivity contribution in [3.05, 3.63) is 114 Å². The number of carbonyl (C=O) groups is 1. The van der Waals surface area contributed by atoms with Crippen LogP contribution in [0.2, 0.25) is 0 Å². The molecule has 0 N–H and O–H groups in total. The number of rotatable bonds is 3. The summed E-state index contributed by atoms with van der Waals surface area (Å²) in [5.41, 5.74) is 1.66. The van der Waals surface area contributed by atoms with Crippen molar-refractivity contribution in [3.8, 4) is 5.75 Å². The first-order valence-electron chi connectivity index (χ1n) is 10.1. The van der Waals surface area contributed by atoms with Gasteiger partial charge in [-0.05, 0) is 54.6 Å². The number of para-hydroxylation sites is 2. The first-order chi connectivity index (χ1) is 15.4. The number of allylic oxidation sites excluding steroid dienone is 2. The zero-order valence-electron chi connectivity index (χ0n) is 16.8. The molecule has 0 saturated heterocycles. The molecule has 0 spiro atoms. The van der Waals surface area contributed by atoms with Crippen molar-refractivity contribution >= 4 is 17.2 Å². The molecule has 2 aliphatic rings. The van der Waals surface area contributed by atoms with E-state index in [0.717, 1.165) is 29.3 Å². The van der Waals surface area contributed by atoms with Crippen LogP contribution < -0.4 is 9.64 Å². The van der Waals surface area contributed by atoms with Crippen LogP contribution in [0.15, 0.2) is 97.1 Å². The number of nitrogens with zero attached hydrogens (tertiary/aromatic N) is 1. The van der Waals surface area contributed by atoms with E-state index in [9.17, 15) is 18.0 Å². The predicted molar refractivity (Wildman–Crippen MR) is 116 cm³/mol. The highest BCUT2D eigenvalue weighted by atomic mass is 19.4. The average molecular weight is 433 g/mol. The van der Waals surface area contributed by atoms with Crippen molar-refractivity contribution in [2.24, 2.45) is 0 Å². The summed E-state index contributed by atoms with van der Waals surface area (Å²) < 4.78 is 44.5.